The van der Waals surface area contributed by atoms with Gasteiger partial charge in [-0.05, 0) is 38.5 Å². The Hall–Kier alpha value is -1.35. The van der Waals surface area contributed by atoms with Gasteiger partial charge >= 0.3 is 5.97 Å². The number of esters is 1. The van der Waals surface area contributed by atoms with E-state index in [1.807, 2.05) is 6.07 Å². The van der Waals surface area contributed by atoms with Gasteiger partial charge in [0.25, 0.3) is 0 Å². The van der Waals surface area contributed by atoms with E-state index >= 15 is 0 Å². The summed E-state index contributed by atoms with van der Waals surface area (Å²) in [5.41, 5.74) is -0.330. The van der Waals surface area contributed by atoms with Gasteiger partial charge in [0.05, 0.1) is 6.61 Å². The Kier molecular flexibility index (Phi) is 4.91. The van der Waals surface area contributed by atoms with Crippen molar-refractivity contribution in [1.29, 1.82) is 0 Å². The predicted octanol–water partition coefficient (Wildman–Crippen LogP) is 3.04. The highest BCUT2D eigenvalue weighted by Gasteiger charge is 2.36. The Bertz CT molecular complexity index is 452. The molecule has 0 aliphatic heterocycles. The molecule has 4 heteroatoms. The Morgan fingerprint density at radius 3 is 2.56 bits per heavy atom. The molecule has 0 aliphatic rings. The number of ketones is 1. The van der Waals surface area contributed by atoms with Crippen LogP contribution in [0.3, 0.4) is 0 Å². The van der Waals surface area contributed by atoms with Gasteiger partial charge in [-0.15, -0.1) is 0 Å². The zero-order chi connectivity index (χ0) is 13.8. The molecule has 0 saturated heterocycles. The number of hydrogen-bond donors (Lipinski definition) is 0. The summed E-state index contributed by atoms with van der Waals surface area (Å²) in [5.74, 6) is -0.666. The van der Waals surface area contributed by atoms with Crippen LogP contribution in [0.5, 0.6) is 0 Å². The maximum absolute atomic E-state index is 12.1. The van der Waals surface area contributed by atoms with E-state index < -0.39 is 11.4 Å². The molecule has 0 aromatic heterocycles. The number of ether oxygens (including phenoxy) is 1. The SMILES string of the molecule is CCOC(=O)C(C)(C)C(=O)Cc1cccc(Cl)c1. The number of benzene rings is 1. The number of carbonyl (C=O) groups is 2. The molecular formula is C14H17ClO3. The maximum Gasteiger partial charge on any atom is 0.319 e. The number of halogens is 1. The van der Waals surface area contributed by atoms with Crippen LogP contribution in [0, 0.1) is 5.41 Å². The lowest BCUT2D eigenvalue weighted by Gasteiger charge is -2.20. The van der Waals surface area contributed by atoms with Crippen molar-refractivity contribution in [3.8, 4) is 0 Å². The van der Waals surface area contributed by atoms with Crippen LogP contribution >= 0.6 is 11.6 Å². The zero-order valence-corrected chi connectivity index (χ0v) is 11.6. The summed E-state index contributed by atoms with van der Waals surface area (Å²) in [4.78, 5) is 23.8. The summed E-state index contributed by atoms with van der Waals surface area (Å²) in [6.07, 6.45) is 0.173. The van der Waals surface area contributed by atoms with Crippen LogP contribution in [0.25, 0.3) is 0 Å². The molecule has 0 atom stereocenters. The van der Waals surface area contributed by atoms with Gasteiger partial charge in [0, 0.05) is 11.4 Å². The summed E-state index contributed by atoms with van der Waals surface area (Å²) in [6, 6.07) is 7.06. The summed E-state index contributed by atoms with van der Waals surface area (Å²) in [6.45, 7) is 5.15. The first-order valence-electron chi connectivity index (χ1n) is 5.83. The first kappa shape index (κ1) is 14.7. The van der Waals surface area contributed by atoms with Gasteiger partial charge < -0.3 is 4.74 Å². The first-order chi connectivity index (χ1) is 8.37. The van der Waals surface area contributed by atoms with E-state index in [2.05, 4.69) is 0 Å². The van der Waals surface area contributed by atoms with Crippen molar-refractivity contribution < 1.29 is 14.3 Å². The second-order valence-electron chi connectivity index (χ2n) is 4.58. The fourth-order valence-electron chi connectivity index (χ4n) is 1.48. The van der Waals surface area contributed by atoms with Gasteiger partial charge in [0.2, 0.25) is 0 Å². The van der Waals surface area contributed by atoms with Crippen LogP contribution in [0.1, 0.15) is 26.3 Å². The highest BCUT2D eigenvalue weighted by molar-refractivity contribution is 6.30. The lowest BCUT2D eigenvalue weighted by molar-refractivity contribution is -0.157. The molecule has 0 amide bonds. The quantitative estimate of drug-likeness (QED) is 0.609. The standard InChI is InChI=1S/C14H17ClO3/c1-4-18-13(17)14(2,3)12(16)9-10-6-5-7-11(15)8-10/h5-8H,4,9H2,1-3H3. The van der Waals surface area contributed by atoms with Crippen LogP contribution in [0.2, 0.25) is 5.02 Å². The Morgan fingerprint density at radius 2 is 2.00 bits per heavy atom. The Labute approximate surface area is 112 Å². The molecule has 0 saturated carbocycles. The molecule has 0 bridgehead atoms. The topological polar surface area (TPSA) is 43.4 Å². The largest absolute Gasteiger partial charge is 0.465 e. The average Bonchev–Trinajstić information content (AvgIpc) is 2.29. The highest BCUT2D eigenvalue weighted by atomic mass is 35.5. The van der Waals surface area contributed by atoms with Crippen molar-refractivity contribution in [3.05, 3.63) is 34.9 Å². The van der Waals surface area contributed by atoms with Gasteiger partial charge in [0.15, 0.2) is 5.78 Å². The monoisotopic (exact) mass is 268 g/mol. The molecule has 1 rings (SSSR count). The van der Waals surface area contributed by atoms with Gasteiger partial charge in [-0.1, -0.05) is 23.7 Å². The molecule has 0 radical (unpaired) electrons. The number of Topliss-reactive ketones (excluding diaryl/α,β-unsaturated/α-hetero) is 1. The molecule has 0 aliphatic carbocycles. The third kappa shape index (κ3) is 3.57. The minimum atomic E-state index is -1.13. The van der Waals surface area contributed by atoms with Crippen molar-refractivity contribution in [2.45, 2.75) is 27.2 Å². The van der Waals surface area contributed by atoms with Gasteiger partial charge in [-0.3, -0.25) is 9.59 Å². The van der Waals surface area contributed by atoms with Gasteiger partial charge in [-0.2, -0.15) is 0 Å². The van der Waals surface area contributed by atoms with Crippen LogP contribution in [0.15, 0.2) is 24.3 Å². The molecule has 98 valence electrons. The fourth-order valence-corrected chi connectivity index (χ4v) is 1.69. The lowest BCUT2D eigenvalue weighted by atomic mass is 9.85. The summed E-state index contributed by atoms with van der Waals surface area (Å²) in [5, 5.41) is 0.578. The second-order valence-corrected chi connectivity index (χ2v) is 5.01. The van der Waals surface area contributed by atoms with Crippen molar-refractivity contribution in [2.75, 3.05) is 6.61 Å². The van der Waals surface area contributed by atoms with Crippen molar-refractivity contribution in [1.82, 2.24) is 0 Å². The number of carbonyl (C=O) groups excluding carboxylic acids is 2. The van der Waals surface area contributed by atoms with E-state index in [1.54, 1.807) is 39.0 Å². The zero-order valence-electron chi connectivity index (χ0n) is 10.8. The van der Waals surface area contributed by atoms with Crippen LogP contribution in [-0.2, 0) is 20.7 Å². The molecule has 0 spiro atoms. The second kappa shape index (κ2) is 6.01. The maximum atomic E-state index is 12.1. The van der Waals surface area contributed by atoms with Crippen molar-refractivity contribution in [3.63, 3.8) is 0 Å². The molecule has 3 nitrogen and oxygen atoms in total. The van der Waals surface area contributed by atoms with E-state index in [-0.39, 0.29) is 18.8 Å². The molecule has 0 N–H and O–H groups in total. The van der Waals surface area contributed by atoms with Crippen molar-refractivity contribution >= 4 is 23.4 Å². The number of rotatable bonds is 5. The van der Waals surface area contributed by atoms with Crippen LogP contribution in [-0.4, -0.2) is 18.4 Å². The van der Waals surface area contributed by atoms with Crippen LogP contribution in [0.4, 0.5) is 0 Å². The van der Waals surface area contributed by atoms with E-state index in [1.165, 1.54) is 0 Å². The van der Waals surface area contributed by atoms with E-state index in [9.17, 15) is 9.59 Å². The summed E-state index contributed by atoms with van der Waals surface area (Å²) in [7, 11) is 0. The molecule has 0 unspecified atom stereocenters. The van der Waals surface area contributed by atoms with Gasteiger partial charge in [0.1, 0.15) is 5.41 Å². The molecular weight excluding hydrogens is 252 g/mol. The van der Waals surface area contributed by atoms with Gasteiger partial charge in [-0.25, -0.2) is 0 Å². The first-order valence-corrected chi connectivity index (χ1v) is 6.20. The molecule has 1 aromatic rings. The normalized spacial score (nSPS) is 11.1. The van der Waals surface area contributed by atoms with E-state index in [0.717, 1.165) is 5.56 Å². The van der Waals surface area contributed by atoms with E-state index in [4.69, 9.17) is 16.3 Å². The summed E-state index contributed by atoms with van der Waals surface area (Å²) >= 11 is 5.85. The summed E-state index contributed by atoms with van der Waals surface area (Å²) < 4.78 is 4.90. The van der Waals surface area contributed by atoms with Crippen molar-refractivity contribution in [2.24, 2.45) is 5.41 Å². The predicted molar refractivity (Wildman–Crippen MR) is 70.6 cm³/mol. The Balaban J connectivity index is 2.79. The lowest BCUT2D eigenvalue weighted by Crippen LogP contribution is -2.36. The highest BCUT2D eigenvalue weighted by Crippen LogP contribution is 2.22. The van der Waals surface area contributed by atoms with E-state index in [0.29, 0.717) is 5.02 Å². The fraction of sp³-hybridized carbons (Fsp3) is 0.429. The third-order valence-corrected chi connectivity index (χ3v) is 2.97. The number of hydrogen-bond acceptors (Lipinski definition) is 3. The third-order valence-electron chi connectivity index (χ3n) is 2.74. The Morgan fingerprint density at radius 1 is 1.33 bits per heavy atom. The molecule has 1 aromatic carbocycles. The molecule has 18 heavy (non-hydrogen) atoms. The minimum Gasteiger partial charge on any atom is -0.465 e. The molecule has 0 fully saturated rings. The minimum absolute atomic E-state index is 0.173. The van der Waals surface area contributed by atoms with Crippen LogP contribution < -0.4 is 0 Å². The average molecular weight is 269 g/mol. The smallest absolute Gasteiger partial charge is 0.319 e. The molecule has 0 heterocycles.